The van der Waals surface area contributed by atoms with Gasteiger partial charge in [-0.2, -0.15) is 0 Å². The van der Waals surface area contributed by atoms with Crippen LogP contribution in [0, 0.1) is 0 Å². The van der Waals surface area contributed by atoms with Crippen molar-refractivity contribution in [1.29, 1.82) is 0 Å². The summed E-state index contributed by atoms with van der Waals surface area (Å²) < 4.78 is 5.70. The summed E-state index contributed by atoms with van der Waals surface area (Å²) in [6, 6.07) is 0. The van der Waals surface area contributed by atoms with Crippen LogP contribution in [0.4, 0.5) is 0 Å². The maximum atomic E-state index is 12.4. The second-order valence-electron chi connectivity index (χ2n) is 7.01. The zero-order valence-corrected chi connectivity index (χ0v) is 14.5. The van der Waals surface area contributed by atoms with Gasteiger partial charge in [-0.3, -0.25) is 0 Å². The average Bonchev–Trinajstić information content (AvgIpc) is 2.62. The van der Waals surface area contributed by atoms with Crippen molar-refractivity contribution in [2.75, 3.05) is 0 Å². The number of rotatable bonds is 1. The molecule has 0 amide bonds. The molecular formula is C20H28O3. The van der Waals surface area contributed by atoms with E-state index < -0.39 is 11.7 Å². The fraction of sp³-hybridized carbons (Fsp3) is 0.550. The lowest BCUT2D eigenvalue weighted by atomic mass is 9.89. The van der Waals surface area contributed by atoms with Crippen molar-refractivity contribution < 1.29 is 14.6 Å². The zero-order valence-electron chi connectivity index (χ0n) is 14.5. The summed E-state index contributed by atoms with van der Waals surface area (Å²) >= 11 is 0. The summed E-state index contributed by atoms with van der Waals surface area (Å²) in [5.41, 5.74) is 3.31. The number of aliphatic hydroxyl groups excluding tert-OH is 1. The molecular weight excluding hydrogens is 288 g/mol. The number of hydrogen-bond acceptors (Lipinski definition) is 3. The predicted octanol–water partition coefficient (Wildman–Crippen LogP) is 4.39. The Morgan fingerprint density at radius 1 is 1.35 bits per heavy atom. The molecule has 0 aromatic rings. The van der Waals surface area contributed by atoms with Crippen molar-refractivity contribution in [2.45, 2.75) is 71.0 Å². The zero-order chi connectivity index (χ0) is 17.0. The summed E-state index contributed by atoms with van der Waals surface area (Å²) in [7, 11) is 0. The van der Waals surface area contributed by atoms with Gasteiger partial charge in [0.1, 0.15) is 5.60 Å². The van der Waals surface area contributed by atoms with Crippen LogP contribution in [0.3, 0.4) is 0 Å². The number of esters is 1. The largest absolute Gasteiger partial charge is 0.453 e. The molecule has 0 aromatic heterocycles. The molecule has 0 fully saturated rings. The van der Waals surface area contributed by atoms with Crippen LogP contribution in [0.2, 0.25) is 0 Å². The van der Waals surface area contributed by atoms with E-state index in [1.807, 2.05) is 19.9 Å². The monoisotopic (exact) mass is 316 g/mol. The van der Waals surface area contributed by atoms with Gasteiger partial charge < -0.3 is 9.84 Å². The van der Waals surface area contributed by atoms with Crippen LogP contribution in [0.25, 0.3) is 0 Å². The Morgan fingerprint density at radius 2 is 2.09 bits per heavy atom. The molecule has 2 bridgehead atoms. The van der Waals surface area contributed by atoms with Crippen LogP contribution in [-0.2, 0) is 9.53 Å². The lowest BCUT2D eigenvalue weighted by Gasteiger charge is -2.33. The van der Waals surface area contributed by atoms with E-state index in [0.717, 1.165) is 30.4 Å². The van der Waals surface area contributed by atoms with Gasteiger partial charge in [0.15, 0.2) is 0 Å². The molecule has 2 rings (SSSR count). The molecule has 126 valence electrons. The SMILES string of the molecule is C=C(C)C1=CC=C(C)CC[C@H](O)[C@]2(C)CCC=C(CC1)C(=O)O2. The molecule has 0 saturated heterocycles. The average molecular weight is 316 g/mol. The van der Waals surface area contributed by atoms with E-state index in [1.165, 1.54) is 5.57 Å². The fourth-order valence-electron chi connectivity index (χ4n) is 3.09. The molecule has 3 nitrogen and oxygen atoms in total. The van der Waals surface area contributed by atoms with E-state index in [9.17, 15) is 9.90 Å². The first-order valence-electron chi connectivity index (χ1n) is 8.44. The Bertz CT molecular complexity index is 580. The standard InChI is InChI=1S/C20H28O3/c1-14(2)16-9-7-15(3)8-12-18(21)20(4)13-5-6-17(11-10-16)19(22)23-20/h6-7,9,18,21H,1,5,8,10-13H2,2-4H3/t18-,20-/m0/s1. The van der Waals surface area contributed by atoms with E-state index in [4.69, 9.17) is 4.74 Å². The maximum absolute atomic E-state index is 12.4. The number of hydrogen-bond donors (Lipinski definition) is 1. The molecule has 3 heteroatoms. The first-order chi connectivity index (χ1) is 10.8. The Balaban J connectivity index is 2.34. The van der Waals surface area contributed by atoms with E-state index in [1.54, 1.807) is 0 Å². The smallest absolute Gasteiger partial charge is 0.334 e. The Morgan fingerprint density at radius 3 is 2.78 bits per heavy atom. The fourth-order valence-corrected chi connectivity index (χ4v) is 3.09. The van der Waals surface area contributed by atoms with Crippen molar-refractivity contribution >= 4 is 5.97 Å². The van der Waals surface area contributed by atoms with Crippen molar-refractivity contribution in [3.63, 3.8) is 0 Å². The summed E-state index contributed by atoms with van der Waals surface area (Å²) in [6.07, 6.45) is 9.75. The van der Waals surface area contributed by atoms with Crippen LogP contribution in [0.15, 0.2) is 47.1 Å². The quantitative estimate of drug-likeness (QED) is 0.730. The lowest BCUT2D eigenvalue weighted by molar-refractivity contribution is -0.166. The van der Waals surface area contributed by atoms with E-state index in [0.29, 0.717) is 24.8 Å². The second-order valence-corrected chi connectivity index (χ2v) is 7.01. The molecule has 0 radical (unpaired) electrons. The molecule has 0 aliphatic carbocycles. The first-order valence-corrected chi connectivity index (χ1v) is 8.44. The number of carbonyl (C=O) groups is 1. The van der Waals surface area contributed by atoms with Gasteiger partial charge in [-0.1, -0.05) is 36.0 Å². The van der Waals surface area contributed by atoms with Crippen LogP contribution in [0.5, 0.6) is 0 Å². The van der Waals surface area contributed by atoms with E-state index in [-0.39, 0.29) is 5.97 Å². The molecule has 1 N–H and O–H groups in total. The highest BCUT2D eigenvalue weighted by Gasteiger charge is 2.38. The van der Waals surface area contributed by atoms with Crippen molar-refractivity contribution in [2.24, 2.45) is 0 Å². The third-order valence-electron chi connectivity index (χ3n) is 4.92. The van der Waals surface area contributed by atoms with Crippen LogP contribution >= 0.6 is 0 Å². The lowest BCUT2D eigenvalue weighted by Crippen LogP contribution is -2.43. The summed E-state index contributed by atoms with van der Waals surface area (Å²) in [4.78, 5) is 12.4. The maximum Gasteiger partial charge on any atom is 0.334 e. The third-order valence-corrected chi connectivity index (χ3v) is 4.92. The summed E-state index contributed by atoms with van der Waals surface area (Å²) in [5.74, 6) is -0.283. The van der Waals surface area contributed by atoms with Crippen molar-refractivity contribution in [3.05, 3.63) is 47.1 Å². The number of allylic oxidation sites excluding steroid dienone is 6. The van der Waals surface area contributed by atoms with Crippen LogP contribution in [0.1, 0.15) is 59.3 Å². The number of carbonyl (C=O) groups excluding carboxylic acids is 1. The van der Waals surface area contributed by atoms with Gasteiger partial charge in [-0.25, -0.2) is 4.79 Å². The number of aliphatic hydroxyl groups is 1. The Hall–Kier alpha value is -1.61. The van der Waals surface area contributed by atoms with Gasteiger partial charge in [0, 0.05) is 5.57 Å². The molecule has 0 aromatic carbocycles. The van der Waals surface area contributed by atoms with Gasteiger partial charge >= 0.3 is 5.97 Å². The van der Waals surface area contributed by atoms with Gasteiger partial charge in [0.05, 0.1) is 6.10 Å². The van der Waals surface area contributed by atoms with Crippen molar-refractivity contribution in [1.82, 2.24) is 0 Å². The second kappa shape index (κ2) is 7.31. The van der Waals surface area contributed by atoms with Gasteiger partial charge in [-0.05, 0) is 64.9 Å². The predicted molar refractivity (Wildman–Crippen MR) is 92.9 cm³/mol. The van der Waals surface area contributed by atoms with Crippen LogP contribution < -0.4 is 0 Å². The first kappa shape index (κ1) is 17.7. The van der Waals surface area contributed by atoms with Crippen molar-refractivity contribution in [3.8, 4) is 0 Å². The normalized spacial score (nSPS) is 29.8. The Labute approximate surface area is 139 Å². The highest BCUT2D eigenvalue weighted by Crippen LogP contribution is 2.32. The molecule has 2 aliphatic rings. The van der Waals surface area contributed by atoms with Gasteiger partial charge in [-0.15, -0.1) is 0 Å². The van der Waals surface area contributed by atoms with Crippen LogP contribution in [-0.4, -0.2) is 22.8 Å². The molecule has 0 spiro atoms. The number of ether oxygens (including phenoxy) is 1. The molecule has 0 saturated carbocycles. The Kier molecular flexibility index (Phi) is 5.64. The molecule has 23 heavy (non-hydrogen) atoms. The minimum absolute atomic E-state index is 0.283. The summed E-state index contributed by atoms with van der Waals surface area (Å²) in [5, 5.41) is 10.6. The topological polar surface area (TPSA) is 46.5 Å². The minimum Gasteiger partial charge on any atom is -0.453 e. The highest BCUT2D eigenvalue weighted by atomic mass is 16.6. The van der Waals surface area contributed by atoms with Gasteiger partial charge in [0.25, 0.3) is 0 Å². The molecule has 2 atom stereocenters. The highest BCUT2D eigenvalue weighted by molar-refractivity contribution is 5.89. The van der Waals surface area contributed by atoms with Gasteiger partial charge in [0.2, 0.25) is 0 Å². The van der Waals surface area contributed by atoms with E-state index >= 15 is 0 Å². The molecule has 0 unspecified atom stereocenters. The summed E-state index contributed by atoms with van der Waals surface area (Å²) in [6.45, 7) is 9.95. The number of fused-ring (bicyclic) bond motifs is 3. The molecule has 2 heterocycles. The third kappa shape index (κ3) is 4.44. The molecule has 2 aliphatic heterocycles. The van der Waals surface area contributed by atoms with E-state index in [2.05, 4.69) is 25.7 Å². The minimum atomic E-state index is -0.797.